The molecule has 1 unspecified atom stereocenters. The van der Waals surface area contributed by atoms with E-state index < -0.39 is 10.0 Å². The molecule has 0 saturated carbocycles. The van der Waals surface area contributed by atoms with Crippen LogP contribution in [0.4, 0.5) is 5.69 Å². The van der Waals surface area contributed by atoms with Gasteiger partial charge in [0, 0.05) is 0 Å². The number of anilines is 1. The van der Waals surface area contributed by atoms with E-state index in [1.165, 1.54) is 4.31 Å². The molecule has 0 spiro atoms. The first-order chi connectivity index (χ1) is 16.9. The third-order valence-corrected chi connectivity index (χ3v) is 8.14. The summed E-state index contributed by atoms with van der Waals surface area (Å²) in [6.07, 6.45) is 0. The number of methoxy groups -OCH3 is 1. The third kappa shape index (κ3) is 5.90. The molecular weight excluding hydrogens is 472 g/mol. The van der Waals surface area contributed by atoms with E-state index in [1.54, 1.807) is 43.5 Å². The molecule has 0 radical (unpaired) electrons. The Morgan fingerprint density at radius 1 is 0.917 bits per heavy atom. The highest BCUT2D eigenvalue weighted by Gasteiger charge is 2.29. The van der Waals surface area contributed by atoms with Gasteiger partial charge in [-0.2, -0.15) is 0 Å². The van der Waals surface area contributed by atoms with Gasteiger partial charge in [0.2, 0.25) is 5.91 Å². The maximum Gasteiger partial charge on any atom is 0.264 e. The maximum atomic E-state index is 13.7. The number of benzene rings is 3. The Balaban J connectivity index is 1.93. The van der Waals surface area contributed by atoms with Crippen molar-refractivity contribution in [3.63, 3.8) is 0 Å². The van der Waals surface area contributed by atoms with E-state index in [2.05, 4.69) is 25.2 Å². The molecule has 3 rings (SSSR count). The van der Waals surface area contributed by atoms with Crippen molar-refractivity contribution in [3.8, 4) is 5.75 Å². The second-order valence-electron chi connectivity index (χ2n) is 9.51. The van der Waals surface area contributed by atoms with E-state index in [1.807, 2.05) is 45.9 Å². The van der Waals surface area contributed by atoms with Crippen LogP contribution in [0.2, 0.25) is 0 Å². The molecular formula is C29H36N2O4S. The number of nitrogens with zero attached hydrogens (tertiary/aromatic N) is 1. The minimum absolute atomic E-state index is 0.143. The molecule has 0 saturated heterocycles. The predicted octanol–water partition coefficient (Wildman–Crippen LogP) is 5.82. The SMILES string of the molecule is COc1cc(C)c(C(C)NC(=O)CN(c2ccccc2C)S(=O)(=O)c2ccc(C)cc2)cc1C(C)C. The molecule has 36 heavy (non-hydrogen) atoms. The first kappa shape index (κ1) is 27.3. The van der Waals surface area contributed by atoms with Crippen molar-refractivity contribution >= 4 is 21.6 Å². The Labute approximate surface area is 215 Å². The number of rotatable bonds is 9. The number of hydrogen-bond acceptors (Lipinski definition) is 4. The number of sulfonamides is 1. The fourth-order valence-corrected chi connectivity index (χ4v) is 5.77. The van der Waals surface area contributed by atoms with Gasteiger partial charge in [-0.3, -0.25) is 9.10 Å². The minimum atomic E-state index is -3.97. The first-order valence-corrected chi connectivity index (χ1v) is 13.5. The standard InChI is InChI=1S/C29H36N2O4S/c1-19(2)25-17-26(22(5)16-28(25)35-7)23(6)30-29(32)18-31(27-11-9-8-10-21(27)4)36(33,34)24-14-12-20(3)13-15-24/h8-17,19,23H,18H2,1-7H3,(H,30,32). The number of ether oxygens (including phenoxy) is 1. The van der Waals surface area contributed by atoms with Gasteiger partial charge in [0.05, 0.1) is 23.7 Å². The van der Waals surface area contributed by atoms with E-state index in [0.717, 1.165) is 33.6 Å². The van der Waals surface area contributed by atoms with Gasteiger partial charge in [0.1, 0.15) is 12.3 Å². The third-order valence-electron chi connectivity index (χ3n) is 6.36. The quantitative estimate of drug-likeness (QED) is 0.395. The van der Waals surface area contributed by atoms with E-state index in [0.29, 0.717) is 5.69 Å². The highest BCUT2D eigenvalue weighted by Crippen LogP contribution is 2.32. The number of aryl methyl sites for hydroxylation is 3. The Morgan fingerprint density at radius 2 is 1.56 bits per heavy atom. The highest BCUT2D eigenvalue weighted by atomic mass is 32.2. The molecule has 6 nitrogen and oxygen atoms in total. The lowest BCUT2D eigenvalue weighted by atomic mass is 9.93. The van der Waals surface area contributed by atoms with Crippen LogP contribution in [-0.4, -0.2) is 28.0 Å². The molecule has 0 heterocycles. The Bertz CT molecular complexity index is 1330. The van der Waals surface area contributed by atoms with Gasteiger partial charge in [-0.1, -0.05) is 49.7 Å². The van der Waals surface area contributed by atoms with Crippen molar-refractivity contribution in [1.82, 2.24) is 5.32 Å². The minimum Gasteiger partial charge on any atom is -0.496 e. The Kier molecular flexibility index (Phi) is 8.46. The molecule has 3 aromatic carbocycles. The van der Waals surface area contributed by atoms with Gasteiger partial charge >= 0.3 is 0 Å². The largest absolute Gasteiger partial charge is 0.496 e. The summed E-state index contributed by atoms with van der Waals surface area (Å²) in [4.78, 5) is 13.4. The summed E-state index contributed by atoms with van der Waals surface area (Å²) in [5, 5.41) is 3.01. The van der Waals surface area contributed by atoms with Gasteiger partial charge in [0.15, 0.2) is 0 Å². The molecule has 0 aliphatic carbocycles. The lowest BCUT2D eigenvalue weighted by Crippen LogP contribution is -2.42. The van der Waals surface area contributed by atoms with Crippen LogP contribution in [0.1, 0.15) is 60.5 Å². The number of para-hydroxylation sites is 1. The molecule has 0 aliphatic rings. The van der Waals surface area contributed by atoms with Crippen LogP contribution in [-0.2, 0) is 14.8 Å². The fraction of sp³-hybridized carbons (Fsp3) is 0.345. The topological polar surface area (TPSA) is 75.7 Å². The van der Waals surface area contributed by atoms with E-state index in [-0.39, 0.29) is 29.3 Å². The number of nitrogens with one attached hydrogen (secondary N) is 1. The lowest BCUT2D eigenvalue weighted by Gasteiger charge is -2.27. The van der Waals surface area contributed by atoms with Crippen molar-refractivity contribution < 1.29 is 17.9 Å². The summed E-state index contributed by atoms with van der Waals surface area (Å²) in [5.74, 6) is 0.681. The molecule has 1 atom stereocenters. The second kappa shape index (κ2) is 11.2. The van der Waals surface area contributed by atoms with Crippen LogP contribution in [0.25, 0.3) is 0 Å². The summed E-state index contributed by atoms with van der Waals surface area (Å²) >= 11 is 0. The molecule has 0 aromatic heterocycles. The molecule has 0 bridgehead atoms. The molecule has 3 aromatic rings. The molecule has 0 aliphatic heterocycles. The molecule has 1 N–H and O–H groups in total. The van der Waals surface area contributed by atoms with E-state index >= 15 is 0 Å². The maximum absolute atomic E-state index is 13.7. The van der Waals surface area contributed by atoms with Crippen molar-refractivity contribution in [2.75, 3.05) is 18.0 Å². The molecule has 0 fully saturated rings. The van der Waals surface area contributed by atoms with Gasteiger partial charge in [-0.25, -0.2) is 8.42 Å². The van der Waals surface area contributed by atoms with Gasteiger partial charge < -0.3 is 10.1 Å². The van der Waals surface area contributed by atoms with Crippen LogP contribution in [0, 0.1) is 20.8 Å². The normalized spacial score (nSPS) is 12.3. The Hall–Kier alpha value is -3.32. The van der Waals surface area contributed by atoms with Gasteiger partial charge in [0.25, 0.3) is 10.0 Å². The molecule has 1 amide bonds. The van der Waals surface area contributed by atoms with E-state index in [4.69, 9.17) is 4.74 Å². The summed E-state index contributed by atoms with van der Waals surface area (Å²) in [7, 11) is -2.32. The van der Waals surface area contributed by atoms with Crippen molar-refractivity contribution in [2.24, 2.45) is 0 Å². The second-order valence-corrected chi connectivity index (χ2v) is 11.4. The summed E-state index contributed by atoms with van der Waals surface area (Å²) < 4.78 is 34.1. The predicted molar refractivity (Wildman–Crippen MR) is 145 cm³/mol. The monoisotopic (exact) mass is 508 g/mol. The van der Waals surface area contributed by atoms with Crippen LogP contribution in [0.3, 0.4) is 0 Å². The Morgan fingerprint density at radius 3 is 2.14 bits per heavy atom. The lowest BCUT2D eigenvalue weighted by molar-refractivity contribution is -0.120. The zero-order valence-corrected chi connectivity index (χ0v) is 22.9. The number of carbonyl (C=O) groups excluding carboxylic acids is 1. The summed E-state index contributed by atoms with van der Waals surface area (Å²) in [6.45, 7) is 11.5. The van der Waals surface area contributed by atoms with Gasteiger partial charge in [-0.05, 0) is 86.2 Å². The van der Waals surface area contributed by atoms with Crippen LogP contribution in [0.15, 0.2) is 65.6 Å². The van der Waals surface area contributed by atoms with Crippen LogP contribution < -0.4 is 14.4 Å². The smallest absolute Gasteiger partial charge is 0.264 e. The van der Waals surface area contributed by atoms with E-state index in [9.17, 15) is 13.2 Å². The number of carbonyl (C=O) groups is 1. The summed E-state index contributed by atoms with van der Waals surface area (Å²) in [6, 6.07) is 17.6. The molecule has 192 valence electrons. The average Bonchev–Trinajstić information content (AvgIpc) is 2.82. The number of hydrogen-bond donors (Lipinski definition) is 1. The fourth-order valence-electron chi connectivity index (χ4n) is 4.29. The van der Waals surface area contributed by atoms with Crippen molar-refractivity contribution in [3.05, 3.63) is 88.5 Å². The van der Waals surface area contributed by atoms with Crippen molar-refractivity contribution in [1.29, 1.82) is 0 Å². The zero-order chi connectivity index (χ0) is 26.6. The van der Waals surface area contributed by atoms with Crippen LogP contribution in [0.5, 0.6) is 5.75 Å². The number of amides is 1. The first-order valence-electron chi connectivity index (χ1n) is 12.1. The highest BCUT2D eigenvalue weighted by molar-refractivity contribution is 7.92. The van der Waals surface area contributed by atoms with Crippen molar-refractivity contribution in [2.45, 2.75) is 58.4 Å². The zero-order valence-electron chi connectivity index (χ0n) is 22.1. The van der Waals surface area contributed by atoms with Crippen LogP contribution >= 0.6 is 0 Å². The molecule has 7 heteroatoms. The summed E-state index contributed by atoms with van der Waals surface area (Å²) in [5.41, 5.74) is 5.22. The van der Waals surface area contributed by atoms with Gasteiger partial charge in [-0.15, -0.1) is 0 Å². The average molecular weight is 509 g/mol.